The number of piperidine rings is 1. The molecule has 0 aliphatic carbocycles. The third kappa shape index (κ3) is 7.88. The Hall–Kier alpha value is -0.850. The number of nitrogens with zero attached hydrogens (tertiary/aromatic N) is 1. The van der Waals surface area contributed by atoms with Crippen LogP contribution in [0.15, 0.2) is 24.3 Å². The van der Waals surface area contributed by atoms with Gasteiger partial charge in [0.25, 0.3) is 5.91 Å². The van der Waals surface area contributed by atoms with E-state index in [-0.39, 0.29) is 12.5 Å². The molecule has 0 atom stereocenters. The maximum absolute atomic E-state index is 12.0. The van der Waals surface area contributed by atoms with Crippen LogP contribution < -0.4 is 10.1 Å². The number of ether oxygens (including phenoxy) is 1. The molecule has 156 valence electrons. The van der Waals surface area contributed by atoms with E-state index in [0.29, 0.717) is 4.58 Å². The van der Waals surface area contributed by atoms with E-state index in [0.717, 1.165) is 18.7 Å². The Morgan fingerprint density at radius 1 is 1.00 bits per heavy atom. The van der Waals surface area contributed by atoms with Crippen molar-refractivity contribution in [3.05, 3.63) is 29.8 Å². The Balaban J connectivity index is 1.23. The number of amides is 1. The van der Waals surface area contributed by atoms with Crippen LogP contribution in [0.4, 0.5) is 0 Å². The number of unbranched alkanes of at least 4 members (excludes halogenated alkanes) is 2. The molecule has 1 aromatic rings. The molecule has 2 aliphatic rings. The second kappa shape index (κ2) is 12.7. The third-order valence-corrected chi connectivity index (χ3v) is 8.29. The Morgan fingerprint density at radius 2 is 1.75 bits per heavy atom. The van der Waals surface area contributed by atoms with Crippen molar-refractivity contribution < 1.29 is 9.53 Å². The van der Waals surface area contributed by atoms with Crippen molar-refractivity contribution in [3.8, 4) is 5.75 Å². The minimum absolute atomic E-state index is 0.0292. The van der Waals surface area contributed by atoms with Crippen molar-refractivity contribution in [2.45, 2.75) is 49.5 Å². The van der Waals surface area contributed by atoms with Gasteiger partial charge in [0.1, 0.15) is 5.75 Å². The van der Waals surface area contributed by atoms with Gasteiger partial charge in [-0.1, -0.05) is 25.0 Å². The van der Waals surface area contributed by atoms with Crippen LogP contribution >= 0.6 is 23.5 Å². The van der Waals surface area contributed by atoms with Crippen molar-refractivity contribution in [1.29, 1.82) is 0 Å². The normalized spacial score (nSPS) is 18.7. The van der Waals surface area contributed by atoms with Crippen LogP contribution in [0, 0.1) is 0 Å². The molecule has 0 bridgehead atoms. The van der Waals surface area contributed by atoms with Gasteiger partial charge in [0, 0.05) is 6.54 Å². The highest BCUT2D eigenvalue weighted by Crippen LogP contribution is 2.43. The summed E-state index contributed by atoms with van der Waals surface area (Å²) in [6.45, 7) is 4.60. The summed E-state index contributed by atoms with van der Waals surface area (Å²) in [7, 11) is 0. The number of nitrogens with one attached hydrogen (secondary N) is 1. The van der Waals surface area contributed by atoms with Gasteiger partial charge in [-0.3, -0.25) is 4.79 Å². The lowest BCUT2D eigenvalue weighted by Gasteiger charge is -2.26. The van der Waals surface area contributed by atoms with Gasteiger partial charge in [0.15, 0.2) is 6.61 Å². The number of hydrogen-bond acceptors (Lipinski definition) is 5. The molecule has 0 saturated carbocycles. The number of likely N-dealkylation sites (tertiary alicyclic amines) is 1. The van der Waals surface area contributed by atoms with Crippen LogP contribution in [-0.4, -0.2) is 55.1 Å². The lowest BCUT2D eigenvalue weighted by atomic mass is 10.1. The highest BCUT2D eigenvalue weighted by molar-refractivity contribution is 8.16. The Morgan fingerprint density at radius 3 is 2.50 bits per heavy atom. The number of thioether (sulfide) groups is 2. The van der Waals surface area contributed by atoms with Crippen LogP contribution in [0.25, 0.3) is 0 Å². The molecule has 0 unspecified atom stereocenters. The standard InChI is InChI=1S/C22H34N2O2S2/c25-21(23-12-3-1-4-13-24-14-5-2-6-15-24)18-26-20-10-8-19(9-11-20)22-27-16-7-17-28-22/h8-11,22H,1-7,12-18H2,(H,23,25). The molecule has 1 amide bonds. The van der Waals surface area contributed by atoms with Gasteiger partial charge in [-0.15, -0.1) is 23.5 Å². The van der Waals surface area contributed by atoms with Gasteiger partial charge in [-0.25, -0.2) is 0 Å². The van der Waals surface area contributed by atoms with E-state index in [9.17, 15) is 4.79 Å². The molecular formula is C22H34N2O2S2. The van der Waals surface area contributed by atoms with Crippen LogP contribution in [-0.2, 0) is 4.79 Å². The smallest absolute Gasteiger partial charge is 0.257 e. The van der Waals surface area contributed by atoms with Crippen molar-refractivity contribution in [2.75, 3.05) is 44.3 Å². The molecule has 0 aromatic heterocycles. The fourth-order valence-electron chi connectivity index (χ4n) is 3.65. The molecule has 6 heteroatoms. The molecule has 0 radical (unpaired) electrons. The zero-order chi connectivity index (χ0) is 19.4. The van der Waals surface area contributed by atoms with Gasteiger partial charge >= 0.3 is 0 Å². The van der Waals surface area contributed by atoms with Crippen LogP contribution in [0.5, 0.6) is 5.75 Å². The van der Waals surface area contributed by atoms with Crippen molar-refractivity contribution in [1.82, 2.24) is 10.2 Å². The Kier molecular flexibility index (Phi) is 9.88. The maximum Gasteiger partial charge on any atom is 0.257 e. The van der Waals surface area contributed by atoms with E-state index >= 15 is 0 Å². The fourth-order valence-corrected chi connectivity index (χ4v) is 6.54. The van der Waals surface area contributed by atoms with E-state index in [4.69, 9.17) is 4.74 Å². The number of carbonyl (C=O) groups excluding carboxylic acids is 1. The van der Waals surface area contributed by atoms with Crippen molar-refractivity contribution in [3.63, 3.8) is 0 Å². The second-order valence-corrected chi connectivity index (χ2v) is 10.3. The van der Waals surface area contributed by atoms with Crippen LogP contribution in [0.1, 0.15) is 55.1 Å². The van der Waals surface area contributed by atoms with Gasteiger partial charge in [-0.2, -0.15) is 0 Å². The predicted molar refractivity (Wildman–Crippen MR) is 121 cm³/mol. The third-order valence-electron chi connectivity index (χ3n) is 5.27. The molecule has 2 fully saturated rings. The van der Waals surface area contributed by atoms with Crippen LogP contribution in [0.2, 0.25) is 0 Å². The predicted octanol–water partition coefficient (Wildman–Crippen LogP) is 4.71. The summed E-state index contributed by atoms with van der Waals surface area (Å²) in [5.41, 5.74) is 1.34. The summed E-state index contributed by atoms with van der Waals surface area (Å²) >= 11 is 4.04. The summed E-state index contributed by atoms with van der Waals surface area (Å²) in [4.78, 5) is 14.5. The molecule has 2 heterocycles. The average Bonchev–Trinajstić information content (AvgIpc) is 2.76. The highest BCUT2D eigenvalue weighted by atomic mass is 32.2. The van der Waals surface area contributed by atoms with Crippen LogP contribution in [0.3, 0.4) is 0 Å². The van der Waals surface area contributed by atoms with Crippen molar-refractivity contribution >= 4 is 29.4 Å². The minimum Gasteiger partial charge on any atom is -0.484 e. The van der Waals surface area contributed by atoms with Crippen molar-refractivity contribution in [2.24, 2.45) is 0 Å². The first-order chi connectivity index (χ1) is 13.8. The summed E-state index contributed by atoms with van der Waals surface area (Å²) in [5, 5.41) is 2.97. The Bertz CT molecular complexity index is 570. The first kappa shape index (κ1) is 21.8. The molecule has 1 N–H and O–H groups in total. The molecule has 4 nitrogen and oxygen atoms in total. The molecule has 28 heavy (non-hydrogen) atoms. The number of hydrogen-bond donors (Lipinski definition) is 1. The number of benzene rings is 1. The largest absolute Gasteiger partial charge is 0.484 e. The lowest BCUT2D eigenvalue weighted by molar-refractivity contribution is -0.123. The average molecular weight is 423 g/mol. The first-order valence-corrected chi connectivity index (χ1v) is 12.9. The van der Waals surface area contributed by atoms with Gasteiger partial charge in [-0.05, 0) is 80.9 Å². The molecule has 3 rings (SSSR count). The SMILES string of the molecule is O=C(COc1ccc(C2SCCCS2)cc1)NCCCCCN1CCCCC1. The molecule has 0 spiro atoms. The summed E-state index contributed by atoms with van der Waals surface area (Å²) in [5.74, 6) is 3.23. The van der Waals surface area contributed by atoms with E-state index in [2.05, 4.69) is 22.3 Å². The maximum atomic E-state index is 12.0. The molecular weight excluding hydrogens is 388 g/mol. The fraction of sp³-hybridized carbons (Fsp3) is 0.682. The lowest BCUT2D eigenvalue weighted by Crippen LogP contribution is -2.31. The number of rotatable bonds is 10. The summed E-state index contributed by atoms with van der Waals surface area (Å²) < 4.78 is 6.18. The van der Waals surface area contributed by atoms with E-state index < -0.39 is 0 Å². The second-order valence-electron chi connectivity index (χ2n) is 7.60. The van der Waals surface area contributed by atoms with Gasteiger partial charge in [0.2, 0.25) is 0 Å². The summed E-state index contributed by atoms with van der Waals surface area (Å²) in [6.07, 6.45) is 8.88. The van der Waals surface area contributed by atoms with Gasteiger partial charge < -0.3 is 15.0 Å². The molecule has 2 aliphatic heterocycles. The first-order valence-electron chi connectivity index (χ1n) is 10.8. The van der Waals surface area contributed by atoms with E-state index in [1.807, 2.05) is 35.7 Å². The minimum atomic E-state index is -0.0292. The highest BCUT2D eigenvalue weighted by Gasteiger charge is 2.16. The number of carbonyl (C=O) groups is 1. The molecule has 2 saturated heterocycles. The zero-order valence-electron chi connectivity index (χ0n) is 16.9. The quantitative estimate of drug-likeness (QED) is 0.553. The van der Waals surface area contributed by atoms with E-state index in [1.54, 1.807) is 0 Å². The summed E-state index contributed by atoms with van der Waals surface area (Å²) in [6, 6.07) is 8.23. The Labute approximate surface area is 178 Å². The monoisotopic (exact) mass is 422 g/mol. The van der Waals surface area contributed by atoms with E-state index in [1.165, 1.54) is 75.2 Å². The van der Waals surface area contributed by atoms with Gasteiger partial charge in [0.05, 0.1) is 4.58 Å². The zero-order valence-corrected chi connectivity index (χ0v) is 18.5. The molecule has 1 aromatic carbocycles. The topological polar surface area (TPSA) is 41.6 Å².